The van der Waals surface area contributed by atoms with Crippen LogP contribution in [0.3, 0.4) is 0 Å². The molecule has 64 valence electrons. The van der Waals surface area contributed by atoms with Crippen molar-refractivity contribution in [1.29, 1.82) is 0 Å². The van der Waals surface area contributed by atoms with Crippen molar-refractivity contribution < 1.29 is 9.53 Å². The van der Waals surface area contributed by atoms with E-state index in [4.69, 9.17) is 4.74 Å². The van der Waals surface area contributed by atoms with E-state index in [1.54, 1.807) is 7.11 Å². The molecule has 0 radical (unpaired) electrons. The summed E-state index contributed by atoms with van der Waals surface area (Å²) >= 11 is 0. The summed E-state index contributed by atoms with van der Waals surface area (Å²) in [6, 6.07) is 0. The van der Waals surface area contributed by atoms with Crippen molar-refractivity contribution in [2.24, 2.45) is 0 Å². The first-order valence-corrected chi connectivity index (χ1v) is 4.05. The molecular formula is C8H15NO2. The number of nitrogens with one attached hydrogen (secondary N) is 1. The lowest BCUT2D eigenvalue weighted by molar-refractivity contribution is -0.111. The van der Waals surface area contributed by atoms with Gasteiger partial charge in [0.05, 0.1) is 5.60 Å². The van der Waals surface area contributed by atoms with E-state index < -0.39 is 0 Å². The highest BCUT2D eigenvalue weighted by molar-refractivity contribution is 5.46. The third-order valence-corrected chi connectivity index (χ3v) is 2.46. The largest absolute Gasteiger partial charge is 0.376 e. The van der Waals surface area contributed by atoms with Gasteiger partial charge in [0.25, 0.3) is 0 Å². The van der Waals surface area contributed by atoms with Crippen LogP contribution >= 0.6 is 0 Å². The molecule has 0 heterocycles. The van der Waals surface area contributed by atoms with Crippen molar-refractivity contribution in [1.82, 2.24) is 5.32 Å². The van der Waals surface area contributed by atoms with Gasteiger partial charge < -0.3 is 10.1 Å². The Hall–Kier alpha value is -0.570. The van der Waals surface area contributed by atoms with E-state index in [2.05, 4.69) is 5.32 Å². The number of carbonyl (C=O) groups excluding carboxylic acids is 1. The summed E-state index contributed by atoms with van der Waals surface area (Å²) in [5.41, 5.74) is -0.0547. The zero-order chi connectivity index (χ0) is 8.16. The molecule has 0 aromatic heterocycles. The normalized spacial score (nSPS) is 21.5. The van der Waals surface area contributed by atoms with Gasteiger partial charge >= 0.3 is 0 Å². The number of rotatable bonds is 4. The lowest BCUT2D eigenvalue weighted by atomic mass is 10.0. The summed E-state index contributed by atoms with van der Waals surface area (Å²) in [6.45, 7) is 0.660. The Kier molecular flexibility index (Phi) is 2.88. The molecule has 0 atom stereocenters. The van der Waals surface area contributed by atoms with Crippen LogP contribution in [0.2, 0.25) is 0 Å². The quantitative estimate of drug-likeness (QED) is 0.610. The molecule has 0 saturated heterocycles. The molecule has 1 amide bonds. The first-order chi connectivity index (χ1) is 5.33. The molecule has 1 saturated carbocycles. The van der Waals surface area contributed by atoms with E-state index in [0.29, 0.717) is 6.54 Å². The van der Waals surface area contributed by atoms with Gasteiger partial charge in [0.2, 0.25) is 6.41 Å². The molecule has 0 aromatic rings. The molecule has 1 N–H and O–H groups in total. The van der Waals surface area contributed by atoms with Crippen molar-refractivity contribution in [3.8, 4) is 0 Å². The van der Waals surface area contributed by atoms with Crippen molar-refractivity contribution >= 4 is 6.41 Å². The summed E-state index contributed by atoms with van der Waals surface area (Å²) < 4.78 is 5.38. The van der Waals surface area contributed by atoms with Crippen LogP contribution in [0.4, 0.5) is 0 Å². The van der Waals surface area contributed by atoms with E-state index in [1.165, 1.54) is 12.8 Å². The Morgan fingerprint density at radius 2 is 2.18 bits per heavy atom. The van der Waals surface area contributed by atoms with E-state index in [0.717, 1.165) is 19.3 Å². The first kappa shape index (κ1) is 8.53. The molecule has 1 aliphatic carbocycles. The van der Waals surface area contributed by atoms with Crippen LogP contribution in [0.25, 0.3) is 0 Å². The van der Waals surface area contributed by atoms with Gasteiger partial charge in [-0.3, -0.25) is 4.79 Å². The van der Waals surface area contributed by atoms with E-state index >= 15 is 0 Å². The molecule has 0 spiro atoms. The van der Waals surface area contributed by atoms with Crippen LogP contribution in [0, 0.1) is 0 Å². The Bertz CT molecular complexity index is 130. The van der Waals surface area contributed by atoms with Gasteiger partial charge in [-0.1, -0.05) is 12.8 Å². The Labute approximate surface area is 67.1 Å². The van der Waals surface area contributed by atoms with Gasteiger partial charge in [0.1, 0.15) is 0 Å². The molecule has 3 heteroatoms. The zero-order valence-corrected chi connectivity index (χ0v) is 6.93. The molecule has 11 heavy (non-hydrogen) atoms. The van der Waals surface area contributed by atoms with Gasteiger partial charge in [0.15, 0.2) is 0 Å². The predicted octanol–water partition coefficient (Wildman–Crippen LogP) is 0.692. The number of methoxy groups -OCH3 is 1. The van der Waals surface area contributed by atoms with Crippen LogP contribution in [0.5, 0.6) is 0 Å². The lowest BCUT2D eigenvalue weighted by Gasteiger charge is -2.26. The summed E-state index contributed by atoms with van der Waals surface area (Å²) in [6.07, 6.45) is 5.32. The van der Waals surface area contributed by atoms with Crippen molar-refractivity contribution in [3.63, 3.8) is 0 Å². The maximum atomic E-state index is 10.1. The fourth-order valence-electron chi connectivity index (χ4n) is 1.70. The average molecular weight is 157 g/mol. The summed E-state index contributed by atoms with van der Waals surface area (Å²) in [4.78, 5) is 10.1. The summed E-state index contributed by atoms with van der Waals surface area (Å²) in [5.74, 6) is 0. The van der Waals surface area contributed by atoms with Gasteiger partial charge in [-0.25, -0.2) is 0 Å². The maximum absolute atomic E-state index is 10.1. The molecule has 1 rings (SSSR count). The lowest BCUT2D eigenvalue weighted by Crippen LogP contribution is -2.39. The third kappa shape index (κ3) is 1.93. The second kappa shape index (κ2) is 3.72. The number of amides is 1. The highest BCUT2D eigenvalue weighted by Gasteiger charge is 2.33. The van der Waals surface area contributed by atoms with Crippen molar-refractivity contribution in [2.45, 2.75) is 31.3 Å². The van der Waals surface area contributed by atoms with Crippen molar-refractivity contribution in [3.05, 3.63) is 0 Å². The molecule has 1 fully saturated rings. The predicted molar refractivity (Wildman–Crippen MR) is 42.3 cm³/mol. The number of hydrogen-bond donors (Lipinski definition) is 1. The molecular weight excluding hydrogens is 142 g/mol. The fraction of sp³-hybridized carbons (Fsp3) is 0.875. The first-order valence-electron chi connectivity index (χ1n) is 4.05. The molecule has 0 bridgehead atoms. The number of ether oxygens (including phenoxy) is 1. The second-order valence-corrected chi connectivity index (χ2v) is 3.09. The van der Waals surface area contributed by atoms with Crippen LogP contribution < -0.4 is 5.32 Å². The number of carbonyl (C=O) groups is 1. The number of hydrogen-bond acceptors (Lipinski definition) is 2. The van der Waals surface area contributed by atoms with Gasteiger partial charge in [-0.2, -0.15) is 0 Å². The van der Waals surface area contributed by atoms with Crippen LogP contribution in [0.15, 0.2) is 0 Å². The third-order valence-electron chi connectivity index (χ3n) is 2.46. The van der Waals surface area contributed by atoms with Gasteiger partial charge in [-0.05, 0) is 12.8 Å². The molecule has 0 aliphatic heterocycles. The van der Waals surface area contributed by atoms with Crippen LogP contribution in [0.1, 0.15) is 25.7 Å². The Morgan fingerprint density at radius 1 is 1.55 bits per heavy atom. The second-order valence-electron chi connectivity index (χ2n) is 3.09. The topological polar surface area (TPSA) is 38.3 Å². The molecule has 0 aromatic carbocycles. The van der Waals surface area contributed by atoms with E-state index in [9.17, 15) is 4.79 Å². The minimum Gasteiger partial charge on any atom is -0.376 e. The highest BCUT2D eigenvalue weighted by Crippen LogP contribution is 2.31. The van der Waals surface area contributed by atoms with E-state index in [-0.39, 0.29) is 5.60 Å². The monoisotopic (exact) mass is 157 g/mol. The average Bonchev–Trinajstić information content (AvgIpc) is 2.50. The summed E-state index contributed by atoms with van der Waals surface area (Å²) in [7, 11) is 1.72. The maximum Gasteiger partial charge on any atom is 0.207 e. The van der Waals surface area contributed by atoms with E-state index in [1.807, 2.05) is 0 Å². The van der Waals surface area contributed by atoms with Gasteiger partial charge in [0, 0.05) is 13.7 Å². The Morgan fingerprint density at radius 3 is 2.64 bits per heavy atom. The molecule has 0 unspecified atom stereocenters. The Balaban J connectivity index is 2.38. The molecule has 1 aliphatic rings. The van der Waals surface area contributed by atoms with Crippen LogP contribution in [-0.2, 0) is 9.53 Å². The smallest absolute Gasteiger partial charge is 0.207 e. The standard InChI is InChI=1S/C8H15NO2/c1-11-8(6-9-7-10)4-2-3-5-8/h7H,2-6H2,1H3,(H,9,10). The minimum absolute atomic E-state index is 0.0547. The minimum atomic E-state index is -0.0547. The zero-order valence-electron chi connectivity index (χ0n) is 6.93. The fourth-order valence-corrected chi connectivity index (χ4v) is 1.70. The highest BCUT2D eigenvalue weighted by atomic mass is 16.5. The summed E-state index contributed by atoms with van der Waals surface area (Å²) in [5, 5.41) is 2.68. The van der Waals surface area contributed by atoms with Gasteiger partial charge in [-0.15, -0.1) is 0 Å². The molecule has 3 nitrogen and oxygen atoms in total. The van der Waals surface area contributed by atoms with Crippen molar-refractivity contribution in [2.75, 3.05) is 13.7 Å². The SMILES string of the molecule is COC1(CNC=O)CCCC1. The van der Waals surface area contributed by atoms with Crippen LogP contribution in [-0.4, -0.2) is 25.7 Å².